The van der Waals surface area contributed by atoms with Crippen LogP contribution in [0.3, 0.4) is 0 Å². The number of carbonyl (C=O) groups is 2. The van der Waals surface area contributed by atoms with Gasteiger partial charge in [-0.25, -0.2) is 0 Å². The molecule has 0 bridgehead atoms. The molecule has 1 aromatic rings. The summed E-state index contributed by atoms with van der Waals surface area (Å²) in [6.45, 7) is 5.87. The Labute approximate surface area is 155 Å². The van der Waals surface area contributed by atoms with Gasteiger partial charge in [-0.2, -0.15) is 0 Å². The van der Waals surface area contributed by atoms with Crippen LogP contribution in [0.4, 0.5) is 0 Å². The summed E-state index contributed by atoms with van der Waals surface area (Å²) in [6.07, 6.45) is 1.20. The number of ether oxygens (including phenoxy) is 1. The van der Waals surface area contributed by atoms with Gasteiger partial charge in [0.1, 0.15) is 6.61 Å². The Bertz CT molecular complexity index is 626. The molecular formula is C20H29N3O3. The third-order valence-electron chi connectivity index (χ3n) is 5.28. The Kier molecular flexibility index (Phi) is 5.94. The van der Waals surface area contributed by atoms with Crippen molar-refractivity contribution >= 4 is 11.8 Å². The predicted octanol–water partition coefficient (Wildman–Crippen LogP) is 1.57. The van der Waals surface area contributed by atoms with Crippen LogP contribution in [0.15, 0.2) is 30.3 Å². The smallest absolute Gasteiger partial charge is 0.251 e. The molecule has 2 amide bonds. The minimum Gasteiger partial charge on any atom is -0.356 e. The molecule has 0 radical (unpaired) electrons. The fourth-order valence-electron chi connectivity index (χ4n) is 3.88. The van der Waals surface area contributed by atoms with Crippen molar-refractivity contribution < 1.29 is 14.3 Å². The number of morpholine rings is 1. The van der Waals surface area contributed by atoms with E-state index < -0.39 is 12.1 Å². The van der Waals surface area contributed by atoms with Crippen molar-refractivity contribution in [1.29, 1.82) is 0 Å². The van der Waals surface area contributed by atoms with Crippen molar-refractivity contribution in [1.82, 2.24) is 15.1 Å². The zero-order valence-corrected chi connectivity index (χ0v) is 15.9. The van der Waals surface area contributed by atoms with Crippen molar-refractivity contribution in [3.63, 3.8) is 0 Å². The van der Waals surface area contributed by atoms with Gasteiger partial charge < -0.3 is 19.9 Å². The van der Waals surface area contributed by atoms with Crippen LogP contribution in [-0.2, 0) is 14.3 Å². The van der Waals surface area contributed by atoms with Gasteiger partial charge in [-0.15, -0.1) is 0 Å². The van der Waals surface area contributed by atoms with Crippen LogP contribution in [0.2, 0.25) is 0 Å². The fourth-order valence-corrected chi connectivity index (χ4v) is 3.88. The molecule has 2 fully saturated rings. The normalized spacial score (nSPS) is 25.5. The summed E-state index contributed by atoms with van der Waals surface area (Å²) >= 11 is 0. The number of benzene rings is 1. The van der Waals surface area contributed by atoms with Gasteiger partial charge in [0.05, 0.1) is 6.04 Å². The second kappa shape index (κ2) is 8.18. The number of hydrogen-bond acceptors (Lipinski definition) is 4. The highest BCUT2D eigenvalue weighted by molar-refractivity contribution is 5.86. The highest BCUT2D eigenvalue weighted by Crippen LogP contribution is 2.32. The molecule has 2 heterocycles. The van der Waals surface area contributed by atoms with Gasteiger partial charge in [-0.05, 0) is 52.4 Å². The number of carbonyl (C=O) groups excluding carboxylic acids is 2. The minimum absolute atomic E-state index is 0.00441. The molecule has 2 saturated heterocycles. The Balaban J connectivity index is 1.81. The molecule has 26 heavy (non-hydrogen) atoms. The van der Waals surface area contributed by atoms with Crippen LogP contribution in [0, 0.1) is 0 Å². The van der Waals surface area contributed by atoms with Gasteiger partial charge in [-0.1, -0.05) is 30.3 Å². The van der Waals surface area contributed by atoms with Gasteiger partial charge in [0.15, 0.2) is 6.10 Å². The number of nitrogens with zero attached hydrogens (tertiary/aromatic N) is 2. The first kappa shape index (κ1) is 18.9. The lowest BCUT2D eigenvalue weighted by molar-refractivity contribution is -0.167. The summed E-state index contributed by atoms with van der Waals surface area (Å²) in [6, 6.07) is 9.47. The Morgan fingerprint density at radius 1 is 1.19 bits per heavy atom. The fraction of sp³-hybridized carbons (Fsp3) is 0.600. The highest BCUT2D eigenvalue weighted by Gasteiger charge is 2.43. The third kappa shape index (κ3) is 4.07. The van der Waals surface area contributed by atoms with E-state index >= 15 is 0 Å². The van der Waals surface area contributed by atoms with Crippen molar-refractivity contribution in [3.05, 3.63) is 35.9 Å². The van der Waals surface area contributed by atoms with E-state index in [1.165, 1.54) is 0 Å². The number of amides is 2. The van der Waals surface area contributed by atoms with Crippen LogP contribution >= 0.6 is 0 Å². The van der Waals surface area contributed by atoms with E-state index in [-0.39, 0.29) is 30.5 Å². The lowest BCUT2D eigenvalue weighted by Gasteiger charge is -2.43. The Morgan fingerprint density at radius 3 is 2.46 bits per heavy atom. The Hall–Kier alpha value is -1.92. The van der Waals surface area contributed by atoms with E-state index in [0.29, 0.717) is 0 Å². The van der Waals surface area contributed by atoms with Crippen LogP contribution in [0.1, 0.15) is 38.3 Å². The molecule has 6 heteroatoms. The second-order valence-electron chi connectivity index (χ2n) is 7.57. The molecule has 3 rings (SSSR count). The van der Waals surface area contributed by atoms with E-state index in [1.807, 2.05) is 44.2 Å². The van der Waals surface area contributed by atoms with E-state index in [9.17, 15) is 9.59 Å². The van der Waals surface area contributed by atoms with E-state index in [4.69, 9.17) is 4.74 Å². The van der Waals surface area contributed by atoms with Gasteiger partial charge in [0.25, 0.3) is 5.91 Å². The van der Waals surface area contributed by atoms with Crippen molar-refractivity contribution in [2.24, 2.45) is 0 Å². The monoisotopic (exact) mass is 359 g/mol. The molecule has 1 aromatic carbocycles. The van der Waals surface area contributed by atoms with Crippen molar-refractivity contribution in [2.75, 3.05) is 26.7 Å². The van der Waals surface area contributed by atoms with Gasteiger partial charge in [-0.3, -0.25) is 9.59 Å². The average molecular weight is 359 g/mol. The standard InChI is InChI=1S/C20H29N3O3/c1-14(2)23-17(24)13-26-19(18(23)15-7-5-4-6-8-15)20(25)21-16-9-11-22(3)12-10-16/h4-8,14,16,18-19H,9-13H2,1-3H3,(H,21,25)/t18-,19+/m1/s1. The molecule has 6 nitrogen and oxygen atoms in total. The van der Waals surface area contributed by atoms with Crippen molar-refractivity contribution in [3.8, 4) is 0 Å². The van der Waals surface area contributed by atoms with Crippen LogP contribution in [0.5, 0.6) is 0 Å². The molecule has 0 spiro atoms. The second-order valence-corrected chi connectivity index (χ2v) is 7.57. The predicted molar refractivity (Wildman–Crippen MR) is 99.6 cm³/mol. The maximum atomic E-state index is 13.0. The molecule has 0 aromatic heterocycles. The highest BCUT2D eigenvalue weighted by atomic mass is 16.5. The number of rotatable bonds is 4. The summed E-state index contributed by atoms with van der Waals surface area (Å²) in [5.41, 5.74) is 0.928. The molecular weight excluding hydrogens is 330 g/mol. The number of nitrogens with one attached hydrogen (secondary N) is 1. The first-order valence-corrected chi connectivity index (χ1v) is 9.44. The average Bonchev–Trinajstić information content (AvgIpc) is 2.63. The zero-order chi connectivity index (χ0) is 18.7. The van der Waals surface area contributed by atoms with Gasteiger partial charge >= 0.3 is 0 Å². The van der Waals surface area contributed by atoms with Crippen LogP contribution in [0.25, 0.3) is 0 Å². The molecule has 2 atom stereocenters. The molecule has 0 aliphatic carbocycles. The third-order valence-corrected chi connectivity index (χ3v) is 5.28. The quantitative estimate of drug-likeness (QED) is 0.887. The molecule has 0 saturated carbocycles. The zero-order valence-electron chi connectivity index (χ0n) is 15.9. The van der Waals surface area contributed by atoms with Gasteiger partial charge in [0.2, 0.25) is 5.91 Å². The lowest BCUT2D eigenvalue weighted by atomic mass is 9.95. The number of likely N-dealkylation sites (tertiary alicyclic amines) is 1. The molecule has 2 aliphatic rings. The topological polar surface area (TPSA) is 61.9 Å². The summed E-state index contributed by atoms with van der Waals surface area (Å²) < 4.78 is 5.75. The SMILES string of the molecule is CC(C)N1C(=O)CO[C@H](C(=O)NC2CCN(C)CC2)[C@H]1c1ccccc1. The largest absolute Gasteiger partial charge is 0.356 e. The maximum absolute atomic E-state index is 13.0. The first-order chi connectivity index (χ1) is 12.5. The van der Waals surface area contributed by atoms with Crippen molar-refractivity contribution in [2.45, 2.75) is 50.9 Å². The molecule has 2 aliphatic heterocycles. The van der Waals surface area contributed by atoms with Crippen LogP contribution in [-0.4, -0.2) is 66.5 Å². The summed E-state index contributed by atoms with van der Waals surface area (Å²) in [5, 5.41) is 3.15. The lowest BCUT2D eigenvalue weighted by Crippen LogP contribution is -2.57. The van der Waals surface area contributed by atoms with E-state index in [0.717, 1.165) is 31.5 Å². The number of hydrogen-bond donors (Lipinski definition) is 1. The molecule has 1 N–H and O–H groups in total. The molecule has 142 valence electrons. The van der Waals surface area contributed by atoms with E-state index in [1.54, 1.807) is 4.90 Å². The summed E-state index contributed by atoms with van der Waals surface area (Å²) in [4.78, 5) is 29.6. The summed E-state index contributed by atoms with van der Waals surface area (Å²) in [5.74, 6) is -0.191. The maximum Gasteiger partial charge on any atom is 0.251 e. The summed E-state index contributed by atoms with van der Waals surface area (Å²) in [7, 11) is 2.10. The first-order valence-electron chi connectivity index (χ1n) is 9.44. The van der Waals surface area contributed by atoms with Crippen LogP contribution < -0.4 is 5.32 Å². The Morgan fingerprint density at radius 2 is 1.85 bits per heavy atom. The van der Waals surface area contributed by atoms with E-state index in [2.05, 4.69) is 17.3 Å². The minimum atomic E-state index is -0.683. The van der Waals surface area contributed by atoms with Gasteiger partial charge in [0, 0.05) is 12.1 Å². The number of piperidine rings is 1. The molecule has 0 unspecified atom stereocenters.